The van der Waals surface area contributed by atoms with E-state index >= 15 is 0 Å². The van der Waals surface area contributed by atoms with Crippen molar-refractivity contribution in [3.63, 3.8) is 0 Å². The van der Waals surface area contributed by atoms with Crippen molar-refractivity contribution >= 4 is 21.9 Å². The van der Waals surface area contributed by atoms with Crippen LogP contribution < -0.4 is 0 Å². The van der Waals surface area contributed by atoms with Gasteiger partial charge in [-0.15, -0.1) is 0 Å². The zero-order valence-corrected chi connectivity index (χ0v) is 9.88. The summed E-state index contributed by atoms with van der Waals surface area (Å²) in [6.07, 6.45) is 6.13. The van der Waals surface area contributed by atoms with Gasteiger partial charge in [0.05, 0.1) is 11.6 Å². The summed E-state index contributed by atoms with van der Waals surface area (Å²) >= 11 is 3.32. The van der Waals surface area contributed by atoms with Crippen LogP contribution in [0.4, 0.5) is 0 Å². The molecule has 15 heavy (non-hydrogen) atoms. The number of aromatic nitrogens is 2. The molecule has 2 rings (SSSR count). The lowest BCUT2D eigenvalue weighted by Crippen LogP contribution is -2.37. The molecule has 1 aromatic heterocycles. The highest BCUT2D eigenvalue weighted by molar-refractivity contribution is 9.10. The van der Waals surface area contributed by atoms with Crippen LogP contribution in [-0.4, -0.2) is 21.3 Å². The van der Waals surface area contributed by atoms with Gasteiger partial charge in [-0.05, 0) is 28.8 Å². The molecule has 1 fully saturated rings. The van der Waals surface area contributed by atoms with Crippen molar-refractivity contribution in [2.45, 2.75) is 37.5 Å². The molecular formula is C10H13BrN2O2. The van der Waals surface area contributed by atoms with Crippen LogP contribution in [0.25, 0.3) is 0 Å². The standard InChI is InChI=1S/C10H13BrN2O2/c11-8-7(6-12-13-8)10(9(14)15)4-2-1-3-5-10/h6H,1-5H2,(H,12,13)(H,14,15). The predicted octanol–water partition coefficient (Wildman–Crippen LogP) is 2.46. The van der Waals surface area contributed by atoms with Gasteiger partial charge in [-0.2, -0.15) is 5.10 Å². The van der Waals surface area contributed by atoms with Crippen LogP contribution in [0.2, 0.25) is 0 Å². The summed E-state index contributed by atoms with van der Waals surface area (Å²) in [6, 6.07) is 0. The minimum absolute atomic E-state index is 0.701. The molecule has 0 radical (unpaired) electrons. The Morgan fingerprint density at radius 1 is 1.47 bits per heavy atom. The van der Waals surface area contributed by atoms with Crippen molar-refractivity contribution in [1.82, 2.24) is 10.2 Å². The van der Waals surface area contributed by atoms with Gasteiger partial charge in [-0.25, -0.2) is 0 Å². The second-order valence-electron chi connectivity index (χ2n) is 4.05. The maximum Gasteiger partial charge on any atom is 0.314 e. The summed E-state index contributed by atoms with van der Waals surface area (Å²) in [6.45, 7) is 0. The Morgan fingerprint density at radius 2 is 2.13 bits per heavy atom. The van der Waals surface area contributed by atoms with Crippen LogP contribution in [0.3, 0.4) is 0 Å². The van der Waals surface area contributed by atoms with Crippen LogP contribution in [0.1, 0.15) is 37.7 Å². The Hall–Kier alpha value is -0.840. The van der Waals surface area contributed by atoms with E-state index < -0.39 is 11.4 Å². The summed E-state index contributed by atoms with van der Waals surface area (Å²) in [5, 5.41) is 16.1. The lowest BCUT2D eigenvalue weighted by molar-refractivity contribution is -0.145. The van der Waals surface area contributed by atoms with Gasteiger partial charge in [-0.3, -0.25) is 9.89 Å². The Kier molecular flexibility index (Phi) is 2.82. The Bertz CT molecular complexity index is 369. The van der Waals surface area contributed by atoms with E-state index in [1.54, 1.807) is 6.20 Å². The SMILES string of the molecule is O=C(O)C1(c2cn[nH]c2Br)CCCCC1. The van der Waals surface area contributed by atoms with Crippen molar-refractivity contribution in [1.29, 1.82) is 0 Å². The highest BCUT2D eigenvalue weighted by atomic mass is 79.9. The number of carbonyl (C=O) groups is 1. The average Bonchev–Trinajstić information content (AvgIpc) is 2.66. The van der Waals surface area contributed by atoms with Gasteiger partial charge in [0.25, 0.3) is 0 Å². The molecule has 1 heterocycles. The summed E-state index contributed by atoms with van der Waals surface area (Å²) in [4.78, 5) is 11.5. The van der Waals surface area contributed by atoms with E-state index in [-0.39, 0.29) is 0 Å². The van der Waals surface area contributed by atoms with E-state index in [0.717, 1.165) is 24.8 Å². The molecule has 1 aliphatic rings. The first-order chi connectivity index (χ1) is 7.17. The second-order valence-corrected chi connectivity index (χ2v) is 4.84. The normalized spacial score (nSPS) is 20.1. The highest BCUT2D eigenvalue weighted by Gasteiger charge is 2.43. The van der Waals surface area contributed by atoms with Crippen molar-refractivity contribution in [3.05, 3.63) is 16.4 Å². The van der Waals surface area contributed by atoms with Crippen LogP contribution in [0, 0.1) is 0 Å². The molecule has 1 aliphatic carbocycles. The van der Waals surface area contributed by atoms with Crippen LogP contribution in [0.5, 0.6) is 0 Å². The molecule has 1 aromatic rings. The quantitative estimate of drug-likeness (QED) is 0.869. The van der Waals surface area contributed by atoms with Crippen molar-refractivity contribution in [3.8, 4) is 0 Å². The lowest BCUT2D eigenvalue weighted by Gasteiger charge is -2.32. The molecule has 0 unspecified atom stereocenters. The van der Waals surface area contributed by atoms with Crippen LogP contribution >= 0.6 is 15.9 Å². The van der Waals surface area contributed by atoms with Crippen molar-refractivity contribution < 1.29 is 9.90 Å². The molecule has 1 saturated carbocycles. The Morgan fingerprint density at radius 3 is 2.60 bits per heavy atom. The van der Waals surface area contributed by atoms with E-state index in [2.05, 4.69) is 26.1 Å². The number of hydrogen-bond donors (Lipinski definition) is 2. The van der Waals surface area contributed by atoms with Gasteiger partial charge in [0.1, 0.15) is 4.60 Å². The van der Waals surface area contributed by atoms with E-state index in [1.807, 2.05) is 0 Å². The third kappa shape index (κ3) is 1.69. The number of carboxylic acid groups (broad SMARTS) is 1. The smallest absolute Gasteiger partial charge is 0.314 e. The molecule has 2 N–H and O–H groups in total. The summed E-state index contributed by atoms with van der Waals surface area (Å²) in [5.41, 5.74) is 0.0547. The molecule has 0 aliphatic heterocycles. The molecule has 0 spiro atoms. The number of halogens is 1. The maximum absolute atomic E-state index is 11.5. The number of nitrogens with zero attached hydrogens (tertiary/aromatic N) is 1. The lowest BCUT2D eigenvalue weighted by atomic mass is 9.70. The van der Waals surface area contributed by atoms with Crippen molar-refractivity contribution in [2.24, 2.45) is 0 Å². The first-order valence-corrected chi connectivity index (χ1v) is 5.89. The van der Waals surface area contributed by atoms with Crippen LogP contribution in [-0.2, 0) is 10.2 Å². The van der Waals surface area contributed by atoms with E-state index in [0.29, 0.717) is 17.4 Å². The van der Waals surface area contributed by atoms with Crippen molar-refractivity contribution in [2.75, 3.05) is 0 Å². The second kappa shape index (κ2) is 3.96. The number of rotatable bonds is 2. The first kappa shape index (κ1) is 10.7. The minimum Gasteiger partial charge on any atom is -0.481 e. The summed E-state index contributed by atoms with van der Waals surface area (Å²) in [5.74, 6) is -0.732. The van der Waals surface area contributed by atoms with Gasteiger partial charge < -0.3 is 5.11 Å². The summed E-state index contributed by atoms with van der Waals surface area (Å²) < 4.78 is 0.701. The number of H-pyrrole nitrogens is 1. The maximum atomic E-state index is 11.5. The van der Waals surface area contributed by atoms with E-state index in [4.69, 9.17) is 0 Å². The fourth-order valence-electron chi connectivity index (χ4n) is 2.36. The zero-order valence-electron chi connectivity index (χ0n) is 8.29. The average molecular weight is 273 g/mol. The molecule has 0 amide bonds. The number of carboxylic acids is 1. The topological polar surface area (TPSA) is 66.0 Å². The molecule has 0 atom stereocenters. The highest BCUT2D eigenvalue weighted by Crippen LogP contribution is 2.41. The van der Waals surface area contributed by atoms with Gasteiger partial charge in [0.15, 0.2) is 0 Å². The van der Waals surface area contributed by atoms with Gasteiger partial charge >= 0.3 is 5.97 Å². The minimum atomic E-state index is -0.732. The largest absolute Gasteiger partial charge is 0.481 e. The zero-order chi connectivity index (χ0) is 10.9. The van der Waals surface area contributed by atoms with Gasteiger partial charge in [0.2, 0.25) is 0 Å². The monoisotopic (exact) mass is 272 g/mol. The van der Waals surface area contributed by atoms with E-state index in [9.17, 15) is 9.90 Å². The predicted molar refractivity (Wildman–Crippen MR) is 58.7 cm³/mol. The Balaban J connectivity index is 2.42. The number of aliphatic carboxylic acids is 1. The third-order valence-corrected chi connectivity index (χ3v) is 3.83. The van der Waals surface area contributed by atoms with Gasteiger partial charge in [0, 0.05) is 5.56 Å². The fourth-order valence-corrected chi connectivity index (χ4v) is 2.94. The fraction of sp³-hybridized carbons (Fsp3) is 0.600. The molecule has 4 nitrogen and oxygen atoms in total. The van der Waals surface area contributed by atoms with Gasteiger partial charge in [-0.1, -0.05) is 19.3 Å². The molecule has 0 bridgehead atoms. The molecule has 0 aromatic carbocycles. The van der Waals surface area contributed by atoms with Crippen LogP contribution in [0.15, 0.2) is 10.8 Å². The molecule has 0 saturated heterocycles. The van der Waals surface area contributed by atoms with E-state index in [1.165, 1.54) is 0 Å². The number of nitrogens with one attached hydrogen (secondary N) is 1. The third-order valence-electron chi connectivity index (χ3n) is 3.22. The molecule has 5 heteroatoms. The summed E-state index contributed by atoms with van der Waals surface area (Å²) in [7, 11) is 0. The molecular weight excluding hydrogens is 260 g/mol. The Labute approximate surface area is 96.2 Å². The first-order valence-electron chi connectivity index (χ1n) is 5.09. The molecule has 82 valence electrons. The number of hydrogen-bond acceptors (Lipinski definition) is 2. The number of aromatic amines is 1.